The van der Waals surface area contributed by atoms with E-state index in [0.29, 0.717) is 5.56 Å². The molecule has 0 aliphatic carbocycles. The van der Waals surface area contributed by atoms with E-state index in [9.17, 15) is 4.79 Å². The number of aryl methyl sites for hydroxylation is 1. The van der Waals surface area contributed by atoms with Crippen LogP contribution in [0.3, 0.4) is 0 Å². The highest BCUT2D eigenvalue weighted by Gasteiger charge is 2.12. The van der Waals surface area contributed by atoms with Crippen molar-refractivity contribution in [2.75, 3.05) is 6.26 Å². The third kappa shape index (κ3) is 2.12. The predicted octanol–water partition coefficient (Wildman–Crippen LogP) is 3.66. The fourth-order valence-corrected chi connectivity index (χ4v) is 2.63. The van der Waals surface area contributed by atoms with Crippen molar-refractivity contribution in [2.24, 2.45) is 0 Å². The van der Waals surface area contributed by atoms with Crippen LogP contribution in [0.25, 0.3) is 0 Å². The van der Waals surface area contributed by atoms with Gasteiger partial charge in [0.25, 0.3) is 5.24 Å². The molecule has 0 aliphatic rings. The van der Waals surface area contributed by atoms with Crippen LogP contribution in [0, 0.1) is 6.92 Å². The fraction of sp³-hybridized carbons (Fsp3) is 0.364. The maximum absolute atomic E-state index is 11.2. The number of hydrogen-bond acceptors (Lipinski definition) is 2. The zero-order valence-electron chi connectivity index (χ0n) is 8.56. The highest BCUT2D eigenvalue weighted by atomic mass is 35.5. The molecule has 0 heterocycles. The van der Waals surface area contributed by atoms with Gasteiger partial charge in [0.1, 0.15) is 0 Å². The molecule has 0 aromatic heterocycles. The van der Waals surface area contributed by atoms with Crippen molar-refractivity contribution in [3.8, 4) is 0 Å². The summed E-state index contributed by atoms with van der Waals surface area (Å²) in [5, 5.41) is -0.364. The number of benzene rings is 1. The summed E-state index contributed by atoms with van der Waals surface area (Å²) in [6, 6.07) is 3.75. The van der Waals surface area contributed by atoms with Crippen LogP contribution in [0.15, 0.2) is 17.0 Å². The van der Waals surface area contributed by atoms with Gasteiger partial charge in [-0.25, -0.2) is 0 Å². The predicted molar refractivity (Wildman–Crippen MR) is 62.5 cm³/mol. The van der Waals surface area contributed by atoms with Gasteiger partial charge in [-0.15, -0.1) is 11.8 Å². The lowest BCUT2D eigenvalue weighted by Crippen LogP contribution is -2.00. The number of rotatable bonds is 3. The van der Waals surface area contributed by atoms with Gasteiger partial charge in [0.05, 0.1) is 0 Å². The van der Waals surface area contributed by atoms with E-state index < -0.39 is 0 Å². The van der Waals surface area contributed by atoms with Gasteiger partial charge in [-0.1, -0.05) is 13.0 Å². The third-order valence-corrected chi connectivity index (χ3v) is 3.41. The van der Waals surface area contributed by atoms with Crippen LogP contribution in [-0.2, 0) is 6.42 Å². The summed E-state index contributed by atoms with van der Waals surface area (Å²) in [4.78, 5) is 12.3. The summed E-state index contributed by atoms with van der Waals surface area (Å²) in [6.45, 7) is 4.09. The second kappa shape index (κ2) is 4.85. The highest BCUT2D eigenvalue weighted by Crippen LogP contribution is 2.28. The van der Waals surface area contributed by atoms with E-state index >= 15 is 0 Å². The van der Waals surface area contributed by atoms with Crippen LogP contribution in [-0.4, -0.2) is 11.5 Å². The highest BCUT2D eigenvalue weighted by molar-refractivity contribution is 7.98. The molecule has 14 heavy (non-hydrogen) atoms. The zero-order chi connectivity index (χ0) is 10.7. The molecule has 0 N–H and O–H groups in total. The van der Waals surface area contributed by atoms with Crippen LogP contribution < -0.4 is 0 Å². The second-order valence-corrected chi connectivity index (χ2v) is 4.23. The fourth-order valence-electron chi connectivity index (χ4n) is 1.56. The smallest absolute Gasteiger partial charge is 0.252 e. The van der Waals surface area contributed by atoms with Gasteiger partial charge in [-0.2, -0.15) is 0 Å². The molecule has 0 saturated carbocycles. The van der Waals surface area contributed by atoms with Crippen molar-refractivity contribution in [1.29, 1.82) is 0 Å². The quantitative estimate of drug-likeness (QED) is 0.580. The van der Waals surface area contributed by atoms with Gasteiger partial charge < -0.3 is 0 Å². The van der Waals surface area contributed by atoms with Gasteiger partial charge in [-0.05, 0) is 48.4 Å². The first kappa shape index (κ1) is 11.6. The third-order valence-electron chi connectivity index (χ3n) is 2.23. The lowest BCUT2D eigenvalue weighted by Gasteiger charge is -2.11. The maximum atomic E-state index is 11.2. The summed E-state index contributed by atoms with van der Waals surface area (Å²) < 4.78 is 0. The van der Waals surface area contributed by atoms with E-state index in [1.165, 1.54) is 10.5 Å². The first-order valence-electron chi connectivity index (χ1n) is 4.48. The normalized spacial score (nSPS) is 10.3. The van der Waals surface area contributed by atoms with Gasteiger partial charge in [0.2, 0.25) is 0 Å². The molecule has 1 aromatic rings. The van der Waals surface area contributed by atoms with Crippen molar-refractivity contribution < 1.29 is 4.79 Å². The summed E-state index contributed by atoms with van der Waals surface area (Å²) in [5.74, 6) is 0. The first-order chi connectivity index (χ1) is 6.61. The minimum Gasteiger partial charge on any atom is -0.276 e. The summed E-state index contributed by atoms with van der Waals surface area (Å²) in [6.07, 6.45) is 2.86. The monoisotopic (exact) mass is 228 g/mol. The number of carbonyl (C=O) groups is 1. The largest absolute Gasteiger partial charge is 0.276 e. The van der Waals surface area contributed by atoms with Crippen LogP contribution in [0.2, 0.25) is 0 Å². The van der Waals surface area contributed by atoms with E-state index in [1.54, 1.807) is 11.8 Å². The lowest BCUT2D eigenvalue weighted by atomic mass is 10.0. The molecule has 0 radical (unpaired) electrons. The zero-order valence-corrected chi connectivity index (χ0v) is 10.1. The topological polar surface area (TPSA) is 17.1 Å². The minimum absolute atomic E-state index is 0.364. The Balaban J connectivity index is 3.40. The van der Waals surface area contributed by atoms with Gasteiger partial charge in [-0.3, -0.25) is 4.79 Å². The van der Waals surface area contributed by atoms with Gasteiger partial charge in [0.15, 0.2) is 0 Å². The van der Waals surface area contributed by atoms with Crippen molar-refractivity contribution >= 4 is 28.6 Å². The molecular weight excluding hydrogens is 216 g/mol. The molecule has 0 amide bonds. The van der Waals surface area contributed by atoms with Gasteiger partial charge >= 0.3 is 0 Å². The Morgan fingerprint density at radius 1 is 1.50 bits per heavy atom. The maximum Gasteiger partial charge on any atom is 0.252 e. The minimum atomic E-state index is -0.364. The summed E-state index contributed by atoms with van der Waals surface area (Å²) in [5.41, 5.74) is 2.91. The molecule has 0 aliphatic heterocycles. The second-order valence-electron chi connectivity index (χ2n) is 3.07. The standard InChI is InChI=1S/C11H13ClOS/c1-4-8-9(11(12)13)6-5-7(2)10(8)14-3/h5-6H,4H2,1-3H3. The van der Waals surface area contributed by atoms with E-state index in [2.05, 4.69) is 0 Å². The van der Waals surface area contributed by atoms with Crippen LogP contribution in [0.4, 0.5) is 0 Å². The number of halogens is 1. The SMILES string of the molecule is CCc1c(C(=O)Cl)ccc(C)c1SC. The van der Waals surface area contributed by atoms with E-state index in [0.717, 1.165) is 12.0 Å². The van der Waals surface area contributed by atoms with Crippen molar-refractivity contribution in [3.05, 3.63) is 28.8 Å². The summed E-state index contributed by atoms with van der Waals surface area (Å²) >= 11 is 7.19. The molecule has 0 unspecified atom stereocenters. The Morgan fingerprint density at radius 3 is 2.57 bits per heavy atom. The van der Waals surface area contributed by atoms with E-state index in [-0.39, 0.29) is 5.24 Å². The molecule has 76 valence electrons. The first-order valence-corrected chi connectivity index (χ1v) is 6.08. The molecule has 3 heteroatoms. The van der Waals surface area contributed by atoms with Crippen LogP contribution in [0.5, 0.6) is 0 Å². The number of thioether (sulfide) groups is 1. The number of carbonyl (C=O) groups excluding carboxylic acids is 1. The molecule has 0 fully saturated rings. The Bertz CT molecular complexity index is 361. The van der Waals surface area contributed by atoms with E-state index in [1.807, 2.05) is 32.2 Å². The molecule has 0 spiro atoms. The molecule has 1 aromatic carbocycles. The van der Waals surface area contributed by atoms with Crippen molar-refractivity contribution in [1.82, 2.24) is 0 Å². The molecule has 1 nitrogen and oxygen atoms in total. The molecule has 0 atom stereocenters. The Hall–Kier alpha value is -0.470. The average molecular weight is 229 g/mol. The molecular formula is C11H13ClOS. The van der Waals surface area contributed by atoms with Gasteiger partial charge in [0, 0.05) is 10.5 Å². The Labute approximate surface area is 93.8 Å². The van der Waals surface area contributed by atoms with Crippen molar-refractivity contribution in [2.45, 2.75) is 25.2 Å². The van der Waals surface area contributed by atoms with E-state index in [4.69, 9.17) is 11.6 Å². The van der Waals surface area contributed by atoms with Crippen LogP contribution >= 0.6 is 23.4 Å². The lowest BCUT2D eigenvalue weighted by molar-refractivity contribution is 0.108. The molecule has 0 saturated heterocycles. The average Bonchev–Trinajstić information content (AvgIpc) is 2.16. The van der Waals surface area contributed by atoms with Crippen LogP contribution in [0.1, 0.15) is 28.4 Å². The van der Waals surface area contributed by atoms with Crippen molar-refractivity contribution in [3.63, 3.8) is 0 Å². The Kier molecular flexibility index (Phi) is 4.02. The molecule has 0 bridgehead atoms. The molecule has 1 rings (SSSR count). The number of hydrogen-bond donors (Lipinski definition) is 0. The summed E-state index contributed by atoms with van der Waals surface area (Å²) in [7, 11) is 0. The Morgan fingerprint density at radius 2 is 2.14 bits per heavy atom.